The zero-order chi connectivity index (χ0) is 10.8. The molecule has 0 aromatic heterocycles. The van der Waals surface area contributed by atoms with E-state index in [0.29, 0.717) is 19.2 Å². The summed E-state index contributed by atoms with van der Waals surface area (Å²) in [6, 6.07) is 0. The Kier molecular flexibility index (Phi) is 9.07. The Hall–Kier alpha value is -0.297. The summed E-state index contributed by atoms with van der Waals surface area (Å²) in [6.45, 7) is 8.52. The van der Waals surface area contributed by atoms with E-state index in [1.807, 2.05) is 13.8 Å². The second-order valence-electron chi connectivity index (χ2n) is 2.56. The molecule has 1 aliphatic rings. The number of hydrogen-bond donors (Lipinski definition) is 0. The van der Waals surface area contributed by atoms with Gasteiger partial charge in [0.1, 0.15) is 0 Å². The van der Waals surface area contributed by atoms with Crippen LogP contribution in [0, 0.1) is 0 Å². The van der Waals surface area contributed by atoms with Gasteiger partial charge in [-0.1, -0.05) is 0 Å². The van der Waals surface area contributed by atoms with E-state index in [2.05, 4.69) is 24.8 Å². The molecule has 0 aromatic rings. The van der Waals surface area contributed by atoms with Gasteiger partial charge in [0.25, 0.3) is 5.95 Å². The van der Waals surface area contributed by atoms with Gasteiger partial charge < -0.3 is 9.47 Å². The van der Waals surface area contributed by atoms with Gasteiger partial charge in [0.15, 0.2) is 0 Å². The Bertz CT molecular complexity index is 211. The minimum absolute atomic E-state index is 0.412. The molecule has 1 rings (SSSR count). The molecule has 14 heavy (non-hydrogen) atoms. The number of hydrogen-bond acceptors (Lipinski definition) is 2. The van der Waals surface area contributed by atoms with Gasteiger partial charge in [-0.2, -0.15) is 0 Å². The van der Waals surface area contributed by atoms with E-state index >= 15 is 0 Å². The maximum atomic E-state index is 4.87. The molecule has 77 valence electrons. The van der Waals surface area contributed by atoms with E-state index in [9.17, 15) is 0 Å². The molecule has 0 saturated heterocycles. The fraction of sp³-hybridized carbons (Fsp3) is 0.455. The van der Waals surface area contributed by atoms with Gasteiger partial charge in [-0.25, -0.2) is 0 Å². The third-order valence-electron chi connectivity index (χ3n) is 1.38. The van der Waals surface area contributed by atoms with Crippen LogP contribution in [-0.2, 0) is 34.2 Å². The van der Waals surface area contributed by atoms with E-state index < -0.39 is 0 Å². The van der Waals surface area contributed by atoms with Crippen molar-refractivity contribution in [3.63, 3.8) is 0 Å². The normalized spacial score (nSPS) is 12.5. The van der Waals surface area contributed by atoms with Crippen LogP contribution in [0.25, 0.3) is 0 Å². The molecule has 1 aliphatic carbocycles. The Morgan fingerprint density at radius 2 is 2.00 bits per heavy atom. The molecule has 0 amide bonds. The van der Waals surface area contributed by atoms with Crippen molar-refractivity contribution in [3.05, 3.63) is 34.0 Å². The third-order valence-corrected chi connectivity index (χ3v) is 2.29. The fourth-order valence-electron chi connectivity index (χ4n) is 0.811. The van der Waals surface area contributed by atoms with Crippen LogP contribution >= 0.6 is 0 Å². The molecule has 0 radical (unpaired) electrons. The summed E-state index contributed by atoms with van der Waals surface area (Å²) in [5, 5.41) is 0. The van der Waals surface area contributed by atoms with Crippen molar-refractivity contribution in [1.29, 1.82) is 0 Å². The van der Waals surface area contributed by atoms with Crippen LogP contribution in [-0.4, -0.2) is 13.2 Å². The van der Waals surface area contributed by atoms with Crippen LogP contribution in [0.3, 0.4) is 0 Å². The molecule has 0 unspecified atom stereocenters. The monoisotopic (exact) mass is 271 g/mol. The number of ether oxygens (including phenoxy) is 2. The van der Waals surface area contributed by atoms with E-state index in [-0.39, 0.29) is 0 Å². The summed E-state index contributed by atoms with van der Waals surface area (Å²) < 4.78 is 11.3. The fourth-order valence-corrected chi connectivity index (χ4v) is 1.34. The summed E-state index contributed by atoms with van der Waals surface area (Å²) in [4.78, 5) is 0. The van der Waals surface area contributed by atoms with Crippen LogP contribution in [0.15, 0.2) is 34.0 Å². The first kappa shape index (κ1) is 13.7. The van der Waals surface area contributed by atoms with Gasteiger partial charge in [-0.05, 0) is 20.4 Å². The minimum atomic E-state index is 0.412. The van der Waals surface area contributed by atoms with Crippen molar-refractivity contribution in [2.75, 3.05) is 13.2 Å². The molecule has 0 bridgehead atoms. The van der Waals surface area contributed by atoms with Crippen molar-refractivity contribution in [2.45, 2.75) is 20.3 Å². The number of allylic oxidation sites excluding steroid dienone is 4. The van der Waals surface area contributed by atoms with Crippen LogP contribution in [0.5, 0.6) is 0 Å². The molecule has 2 nitrogen and oxygen atoms in total. The third kappa shape index (κ3) is 8.31. The van der Waals surface area contributed by atoms with Gasteiger partial charge in [0, 0.05) is 0 Å². The van der Waals surface area contributed by atoms with Crippen molar-refractivity contribution < 1.29 is 34.2 Å². The van der Waals surface area contributed by atoms with E-state index in [1.54, 1.807) is 28.0 Å². The predicted molar refractivity (Wildman–Crippen MR) is 54.2 cm³/mol. The second kappa shape index (κ2) is 9.27. The van der Waals surface area contributed by atoms with Crippen LogP contribution in [0.1, 0.15) is 20.3 Å². The summed E-state index contributed by atoms with van der Waals surface area (Å²) in [6.07, 6.45) is 7.69. The predicted octanol–water partition coefficient (Wildman–Crippen LogP) is 2.91. The molecule has 0 aliphatic heterocycles. The van der Waals surface area contributed by atoms with Crippen LogP contribution in [0.4, 0.5) is 0 Å². The Balaban J connectivity index is 0.000000249. The summed E-state index contributed by atoms with van der Waals surface area (Å²) in [5.41, 5.74) is 0. The van der Waals surface area contributed by atoms with Crippen molar-refractivity contribution >= 4 is 0 Å². The first-order valence-corrected chi connectivity index (χ1v) is 5.95. The van der Waals surface area contributed by atoms with Crippen LogP contribution in [0.2, 0.25) is 0 Å². The molecule has 0 heterocycles. The number of rotatable bonds is 4. The van der Waals surface area contributed by atoms with Gasteiger partial charge in [0.05, 0.1) is 13.2 Å². The standard InChI is InChI=1S/C6H12O2.C5H5.Zr/c1-4-7-6(3)8-5-2;1-2-4-5-3-1;/h3-5H2,1-2H3;1-3H,4H2;. The van der Waals surface area contributed by atoms with E-state index in [1.165, 1.54) is 6.42 Å². The van der Waals surface area contributed by atoms with Crippen molar-refractivity contribution in [3.8, 4) is 0 Å². The molecule has 0 aromatic carbocycles. The summed E-state index contributed by atoms with van der Waals surface area (Å²) in [5.74, 6) is 0.412. The topological polar surface area (TPSA) is 18.5 Å². The zero-order valence-electron chi connectivity index (χ0n) is 8.88. The Morgan fingerprint density at radius 3 is 2.21 bits per heavy atom. The maximum absolute atomic E-state index is 4.87. The quantitative estimate of drug-likeness (QED) is 0.733. The molecule has 0 saturated carbocycles. The Labute approximate surface area is 102 Å². The van der Waals surface area contributed by atoms with Gasteiger partial charge in [-0.15, -0.1) is 0 Å². The van der Waals surface area contributed by atoms with E-state index in [4.69, 9.17) is 9.47 Å². The van der Waals surface area contributed by atoms with Crippen molar-refractivity contribution in [1.82, 2.24) is 0 Å². The van der Waals surface area contributed by atoms with Gasteiger partial charge in [-0.3, -0.25) is 0 Å². The van der Waals surface area contributed by atoms with Gasteiger partial charge in [0.2, 0.25) is 0 Å². The average Bonchev–Trinajstić information content (AvgIpc) is 2.58. The molecule has 0 spiro atoms. The molecular weight excluding hydrogens is 255 g/mol. The molecular formula is C11H17O2Zr. The summed E-state index contributed by atoms with van der Waals surface area (Å²) >= 11 is 1.56. The van der Waals surface area contributed by atoms with Crippen molar-refractivity contribution in [2.24, 2.45) is 0 Å². The van der Waals surface area contributed by atoms with E-state index in [0.717, 1.165) is 0 Å². The second-order valence-corrected chi connectivity index (χ2v) is 4.14. The molecule has 0 atom stereocenters. The average molecular weight is 272 g/mol. The Morgan fingerprint density at radius 1 is 1.43 bits per heavy atom. The SMILES string of the molecule is C=C(OCC)OCC.[Zr][C]1=CC=CC1. The van der Waals surface area contributed by atoms with Crippen LogP contribution < -0.4 is 0 Å². The first-order chi connectivity index (χ1) is 6.70. The van der Waals surface area contributed by atoms with Gasteiger partial charge >= 0.3 is 52.6 Å². The summed E-state index contributed by atoms with van der Waals surface area (Å²) in [7, 11) is 0. The molecule has 0 fully saturated rings. The molecule has 0 N–H and O–H groups in total. The zero-order valence-corrected chi connectivity index (χ0v) is 11.3. The molecule has 3 heteroatoms. The first-order valence-electron chi connectivity index (χ1n) is 4.72.